The predicted molar refractivity (Wildman–Crippen MR) is 83.1 cm³/mol. The minimum absolute atomic E-state index is 0.446. The van der Waals surface area contributed by atoms with Crippen LogP contribution in [0.4, 0.5) is 0 Å². The van der Waals surface area contributed by atoms with Crippen LogP contribution in [0.1, 0.15) is 5.56 Å². The summed E-state index contributed by atoms with van der Waals surface area (Å²) in [6.45, 7) is 5.37. The van der Waals surface area contributed by atoms with Crippen LogP contribution in [0, 0.1) is 5.92 Å². The highest BCUT2D eigenvalue weighted by Gasteiger charge is 2.17. The molecule has 0 aliphatic carbocycles. The van der Waals surface area contributed by atoms with Crippen molar-refractivity contribution in [1.82, 2.24) is 4.90 Å². The molecule has 0 saturated carbocycles. The standard InChI is InChI=1S/C16H26N2O3/c1-19-15-4-3-13(10-16(15)20-2)9-14(11-17)12-18-5-7-21-8-6-18/h3-4,10,14H,5-9,11-12,17H2,1-2H3. The number of hydrogen-bond acceptors (Lipinski definition) is 5. The van der Waals surface area contributed by atoms with Crippen LogP contribution in [-0.2, 0) is 11.2 Å². The lowest BCUT2D eigenvalue weighted by Crippen LogP contribution is -2.41. The molecule has 0 radical (unpaired) electrons. The van der Waals surface area contributed by atoms with E-state index < -0.39 is 0 Å². The molecule has 1 unspecified atom stereocenters. The topological polar surface area (TPSA) is 57.0 Å². The summed E-state index contributed by atoms with van der Waals surface area (Å²) in [5, 5.41) is 0. The van der Waals surface area contributed by atoms with Gasteiger partial charge in [-0.25, -0.2) is 0 Å². The predicted octanol–water partition coefficient (Wildman–Crippen LogP) is 1.15. The fourth-order valence-corrected chi connectivity index (χ4v) is 2.71. The molecular weight excluding hydrogens is 268 g/mol. The maximum Gasteiger partial charge on any atom is 0.160 e. The van der Waals surface area contributed by atoms with Gasteiger partial charge >= 0.3 is 0 Å². The number of benzene rings is 1. The van der Waals surface area contributed by atoms with Crippen LogP contribution in [0.3, 0.4) is 0 Å². The van der Waals surface area contributed by atoms with Gasteiger partial charge in [-0.1, -0.05) is 6.07 Å². The van der Waals surface area contributed by atoms with E-state index in [9.17, 15) is 0 Å². The summed E-state index contributed by atoms with van der Waals surface area (Å²) in [5.74, 6) is 1.98. The summed E-state index contributed by atoms with van der Waals surface area (Å²) >= 11 is 0. The zero-order chi connectivity index (χ0) is 15.1. The Labute approximate surface area is 127 Å². The Bertz CT molecular complexity index is 434. The van der Waals surface area contributed by atoms with E-state index in [0.29, 0.717) is 12.5 Å². The zero-order valence-corrected chi connectivity index (χ0v) is 13.0. The average molecular weight is 294 g/mol. The van der Waals surface area contributed by atoms with Crippen molar-refractivity contribution >= 4 is 0 Å². The molecule has 0 bridgehead atoms. The molecule has 1 aromatic carbocycles. The van der Waals surface area contributed by atoms with Crippen molar-refractivity contribution in [1.29, 1.82) is 0 Å². The third-order valence-corrected chi connectivity index (χ3v) is 3.93. The van der Waals surface area contributed by atoms with Gasteiger partial charge in [-0.3, -0.25) is 4.90 Å². The monoisotopic (exact) mass is 294 g/mol. The smallest absolute Gasteiger partial charge is 0.160 e. The number of nitrogens with two attached hydrogens (primary N) is 1. The first-order valence-electron chi connectivity index (χ1n) is 7.48. The quantitative estimate of drug-likeness (QED) is 0.817. The summed E-state index contributed by atoms with van der Waals surface area (Å²) in [6.07, 6.45) is 0.953. The fraction of sp³-hybridized carbons (Fsp3) is 0.625. The van der Waals surface area contributed by atoms with Crippen LogP contribution < -0.4 is 15.2 Å². The van der Waals surface area contributed by atoms with E-state index in [-0.39, 0.29) is 0 Å². The number of hydrogen-bond donors (Lipinski definition) is 1. The molecule has 1 atom stereocenters. The normalized spacial score (nSPS) is 17.5. The summed E-state index contributed by atoms with van der Waals surface area (Å²) in [6, 6.07) is 6.08. The molecule has 2 N–H and O–H groups in total. The maximum absolute atomic E-state index is 5.95. The molecule has 1 aliphatic rings. The van der Waals surface area contributed by atoms with Gasteiger partial charge in [0, 0.05) is 19.6 Å². The maximum atomic E-state index is 5.95. The molecule has 0 spiro atoms. The molecule has 0 amide bonds. The van der Waals surface area contributed by atoms with Crippen molar-refractivity contribution in [2.45, 2.75) is 6.42 Å². The van der Waals surface area contributed by atoms with Crippen molar-refractivity contribution in [2.24, 2.45) is 11.7 Å². The van der Waals surface area contributed by atoms with Gasteiger partial charge in [-0.2, -0.15) is 0 Å². The van der Waals surface area contributed by atoms with Crippen molar-refractivity contribution in [3.8, 4) is 11.5 Å². The van der Waals surface area contributed by atoms with Crippen LogP contribution in [0.15, 0.2) is 18.2 Å². The van der Waals surface area contributed by atoms with Crippen molar-refractivity contribution in [3.63, 3.8) is 0 Å². The molecule has 2 rings (SSSR count). The molecule has 1 aromatic rings. The Kier molecular flexibility index (Phi) is 6.29. The molecule has 5 nitrogen and oxygen atoms in total. The second-order valence-electron chi connectivity index (χ2n) is 5.41. The number of ether oxygens (including phenoxy) is 3. The average Bonchev–Trinajstić information content (AvgIpc) is 2.55. The van der Waals surface area contributed by atoms with Crippen LogP contribution in [0.2, 0.25) is 0 Å². The molecule has 21 heavy (non-hydrogen) atoms. The van der Waals surface area contributed by atoms with Gasteiger partial charge in [-0.05, 0) is 36.6 Å². The molecule has 1 saturated heterocycles. The number of nitrogens with zero attached hydrogens (tertiary/aromatic N) is 1. The van der Waals surface area contributed by atoms with Gasteiger partial charge in [-0.15, -0.1) is 0 Å². The van der Waals surface area contributed by atoms with E-state index in [1.807, 2.05) is 12.1 Å². The first-order valence-corrected chi connectivity index (χ1v) is 7.48. The van der Waals surface area contributed by atoms with Gasteiger partial charge in [0.05, 0.1) is 27.4 Å². The Morgan fingerprint density at radius 3 is 2.52 bits per heavy atom. The van der Waals surface area contributed by atoms with E-state index in [1.165, 1.54) is 5.56 Å². The van der Waals surface area contributed by atoms with E-state index in [0.717, 1.165) is 50.8 Å². The van der Waals surface area contributed by atoms with Gasteiger partial charge in [0.15, 0.2) is 11.5 Å². The van der Waals surface area contributed by atoms with Crippen molar-refractivity contribution in [2.75, 3.05) is 53.6 Å². The first-order chi connectivity index (χ1) is 10.3. The lowest BCUT2D eigenvalue weighted by atomic mass is 9.98. The highest BCUT2D eigenvalue weighted by Crippen LogP contribution is 2.28. The summed E-state index contributed by atoms with van der Waals surface area (Å²) < 4.78 is 16.0. The van der Waals surface area contributed by atoms with Gasteiger partial charge in [0.25, 0.3) is 0 Å². The minimum Gasteiger partial charge on any atom is -0.493 e. The third-order valence-electron chi connectivity index (χ3n) is 3.93. The molecule has 118 valence electrons. The fourth-order valence-electron chi connectivity index (χ4n) is 2.71. The largest absolute Gasteiger partial charge is 0.493 e. The number of rotatable bonds is 7. The summed E-state index contributed by atoms with van der Waals surface area (Å²) in [7, 11) is 3.31. The Morgan fingerprint density at radius 2 is 1.90 bits per heavy atom. The highest BCUT2D eigenvalue weighted by molar-refractivity contribution is 5.43. The van der Waals surface area contributed by atoms with Crippen LogP contribution in [0.25, 0.3) is 0 Å². The van der Waals surface area contributed by atoms with Crippen LogP contribution >= 0.6 is 0 Å². The highest BCUT2D eigenvalue weighted by atomic mass is 16.5. The third kappa shape index (κ3) is 4.59. The second-order valence-corrected chi connectivity index (χ2v) is 5.41. The minimum atomic E-state index is 0.446. The SMILES string of the molecule is COc1ccc(CC(CN)CN2CCOCC2)cc1OC. The van der Waals surface area contributed by atoms with Crippen LogP contribution in [0.5, 0.6) is 11.5 Å². The van der Waals surface area contributed by atoms with E-state index in [1.54, 1.807) is 14.2 Å². The number of methoxy groups -OCH3 is 2. The zero-order valence-electron chi connectivity index (χ0n) is 13.0. The summed E-state index contributed by atoms with van der Waals surface area (Å²) in [4.78, 5) is 2.43. The van der Waals surface area contributed by atoms with E-state index >= 15 is 0 Å². The van der Waals surface area contributed by atoms with E-state index in [2.05, 4.69) is 11.0 Å². The Balaban J connectivity index is 1.97. The molecule has 1 fully saturated rings. The lowest BCUT2D eigenvalue weighted by molar-refractivity contribution is 0.0312. The molecule has 1 aliphatic heterocycles. The van der Waals surface area contributed by atoms with E-state index in [4.69, 9.17) is 19.9 Å². The number of morpholine rings is 1. The second kappa shape index (κ2) is 8.22. The Hall–Kier alpha value is -1.30. The first kappa shape index (κ1) is 16.1. The summed E-state index contributed by atoms with van der Waals surface area (Å²) in [5.41, 5.74) is 7.18. The van der Waals surface area contributed by atoms with Gasteiger partial charge < -0.3 is 19.9 Å². The van der Waals surface area contributed by atoms with Crippen molar-refractivity contribution in [3.05, 3.63) is 23.8 Å². The van der Waals surface area contributed by atoms with Crippen molar-refractivity contribution < 1.29 is 14.2 Å². The Morgan fingerprint density at radius 1 is 1.19 bits per heavy atom. The van der Waals surface area contributed by atoms with Crippen LogP contribution in [-0.4, -0.2) is 58.5 Å². The molecular formula is C16H26N2O3. The lowest BCUT2D eigenvalue weighted by Gasteiger charge is -2.30. The van der Waals surface area contributed by atoms with Gasteiger partial charge in [0.2, 0.25) is 0 Å². The molecule has 5 heteroatoms. The van der Waals surface area contributed by atoms with Gasteiger partial charge in [0.1, 0.15) is 0 Å². The molecule has 0 aromatic heterocycles. The molecule has 1 heterocycles.